The van der Waals surface area contributed by atoms with Crippen molar-refractivity contribution in [3.63, 3.8) is 0 Å². The predicted molar refractivity (Wildman–Crippen MR) is 88.8 cm³/mol. The largest absolute Gasteiger partial charge is 0.251 e. The van der Waals surface area contributed by atoms with E-state index in [0.29, 0.717) is 18.3 Å². The van der Waals surface area contributed by atoms with Crippen molar-refractivity contribution in [2.24, 2.45) is 35.5 Å². The van der Waals surface area contributed by atoms with Crippen LogP contribution in [-0.4, -0.2) is 25.2 Å². The fourth-order valence-electron chi connectivity index (χ4n) is 5.68. The van der Waals surface area contributed by atoms with Crippen molar-refractivity contribution in [2.75, 3.05) is 6.67 Å². The van der Waals surface area contributed by atoms with Crippen molar-refractivity contribution in [1.29, 1.82) is 0 Å². The van der Waals surface area contributed by atoms with E-state index in [0.717, 1.165) is 18.8 Å². The third kappa shape index (κ3) is 3.93. The Bertz CT molecular complexity index is 381. The van der Waals surface area contributed by atoms with Crippen molar-refractivity contribution in [1.82, 2.24) is 0 Å². The van der Waals surface area contributed by atoms with Crippen LogP contribution in [0.3, 0.4) is 0 Å². The molecular formula is C20H32F4. The molecule has 4 heteroatoms. The Hall–Kier alpha value is -0.280. The van der Waals surface area contributed by atoms with Gasteiger partial charge in [-0.15, -0.1) is 0 Å². The highest BCUT2D eigenvalue weighted by atomic mass is 19.2. The van der Waals surface area contributed by atoms with Gasteiger partial charge in [-0.1, -0.05) is 19.8 Å². The maximum absolute atomic E-state index is 14.8. The third-order valence-electron chi connectivity index (χ3n) is 7.36. The highest BCUT2D eigenvalue weighted by Crippen LogP contribution is 2.47. The lowest BCUT2D eigenvalue weighted by Crippen LogP contribution is -2.43. The molecule has 3 fully saturated rings. The molecule has 0 aromatic rings. The summed E-state index contributed by atoms with van der Waals surface area (Å²) < 4.78 is 55.6. The zero-order valence-electron chi connectivity index (χ0n) is 14.8. The first kappa shape index (κ1) is 18.5. The number of hydrogen-bond donors (Lipinski definition) is 0. The minimum atomic E-state index is -1.45. The van der Waals surface area contributed by atoms with Crippen molar-refractivity contribution in [2.45, 2.75) is 83.2 Å². The van der Waals surface area contributed by atoms with Crippen LogP contribution in [0.15, 0.2) is 0 Å². The zero-order chi connectivity index (χ0) is 17.3. The van der Waals surface area contributed by atoms with Gasteiger partial charge in [0.2, 0.25) is 0 Å². The normalized spacial score (nSPS) is 50.6. The second-order valence-corrected chi connectivity index (χ2v) is 8.85. The van der Waals surface area contributed by atoms with Crippen LogP contribution in [0.5, 0.6) is 0 Å². The standard InChI is InChI=1S/C20H32F4/c1-12-2-4-13(5-3-12)14-6-7-16(18(22)8-14)15-9-19(23)17(11-21)20(24)10-15/h12-20H,2-11H2,1H3. The zero-order valence-corrected chi connectivity index (χ0v) is 14.8. The van der Waals surface area contributed by atoms with E-state index in [9.17, 15) is 17.6 Å². The molecule has 0 heterocycles. The van der Waals surface area contributed by atoms with E-state index in [4.69, 9.17) is 0 Å². The van der Waals surface area contributed by atoms with Gasteiger partial charge in [0.05, 0.1) is 6.67 Å². The van der Waals surface area contributed by atoms with Gasteiger partial charge in [-0.2, -0.15) is 0 Å². The molecular weight excluding hydrogens is 316 g/mol. The number of halogens is 4. The Labute approximate surface area is 143 Å². The maximum atomic E-state index is 14.8. The van der Waals surface area contributed by atoms with Crippen LogP contribution in [0.4, 0.5) is 17.6 Å². The maximum Gasteiger partial charge on any atom is 0.108 e. The van der Waals surface area contributed by atoms with Crippen LogP contribution >= 0.6 is 0 Å². The summed E-state index contributed by atoms with van der Waals surface area (Å²) in [5.74, 6) is 0.298. The van der Waals surface area contributed by atoms with E-state index in [1.807, 2.05) is 0 Å². The Balaban J connectivity index is 1.54. The van der Waals surface area contributed by atoms with Crippen LogP contribution in [0, 0.1) is 35.5 Å². The molecule has 0 aliphatic heterocycles. The van der Waals surface area contributed by atoms with Gasteiger partial charge in [-0.3, -0.25) is 4.39 Å². The van der Waals surface area contributed by atoms with Gasteiger partial charge in [0, 0.05) is 5.92 Å². The van der Waals surface area contributed by atoms with Crippen molar-refractivity contribution in [3.05, 3.63) is 0 Å². The first-order chi connectivity index (χ1) is 11.5. The number of alkyl halides is 4. The first-order valence-electron chi connectivity index (χ1n) is 9.97. The molecule has 5 unspecified atom stereocenters. The summed E-state index contributed by atoms with van der Waals surface area (Å²) in [6.45, 7) is 1.35. The lowest BCUT2D eigenvalue weighted by atomic mass is 9.64. The van der Waals surface area contributed by atoms with E-state index in [1.165, 1.54) is 25.7 Å². The first-order valence-corrected chi connectivity index (χ1v) is 9.97. The highest BCUT2D eigenvalue weighted by Gasteiger charge is 2.45. The average molecular weight is 348 g/mol. The Morgan fingerprint density at radius 1 is 0.667 bits per heavy atom. The molecule has 0 N–H and O–H groups in total. The molecule has 5 atom stereocenters. The van der Waals surface area contributed by atoms with E-state index in [-0.39, 0.29) is 24.7 Å². The molecule has 0 aromatic carbocycles. The van der Waals surface area contributed by atoms with Gasteiger partial charge in [0.1, 0.15) is 18.5 Å². The molecule has 0 bridgehead atoms. The molecule has 0 radical (unpaired) electrons. The summed E-state index contributed by atoms with van der Waals surface area (Å²) in [6, 6.07) is 0. The topological polar surface area (TPSA) is 0 Å². The van der Waals surface area contributed by atoms with Gasteiger partial charge in [0.25, 0.3) is 0 Å². The minimum Gasteiger partial charge on any atom is -0.251 e. The van der Waals surface area contributed by atoms with Gasteiger partial charge in [0.15, 0.2) is 0 Å². The summed E-state index contributed by atoms with van der Waals surface area (Å²) >= 11 is 0. The minimum absolute atomic E-state index is 0.145. The molecule has 3 saturated carbocycles. The molecule has 3 rings (SSSR count). The molecule has 140 valence electrons. The van der Waals surface area contributed by atoms with E-state index >= 15 is 0 Å². The van der Waals surface area contributed by atoms with E-state index in [1.54, 1.807) is 0 Å². The molecule has 0 aromatic heterocycles. The van der Waals surface area contributed by atoms with Gasteiger partial charge in [-0.25, -0.2) is 13.2 Å². The van der Waals surface area contributed by atoms with Crippen molar-refractivity contribution < 1.29 is 17.6 Å². The third-order valence-corrected chi connectivity index (χ3v) is 7.36. The lowest BCUT2D eigenvalue weighted by Gasteiger charge is -2.44. The predicted octanol–water partition coefficient (Wildman–Crippen LogP) is 6.24. The van der Waals surface area contributed by atoms with Crippen molar-refractivity contribution in [3.8, 4) is 0 Å². The Kier molecular flexibility index (Phi) is 6.13. The van der Waals surface area contributed by atoms with Crippen LogP contribution in [0.25, 0.3) is 0 Å². The van der Waals surface area contributed by atoms with Crippen LogP contribution < -0.4 is 0 Å². The summed E-state index contributed by atoms with van der Waals surface area (Å²) in [5.41, 5.74) is 0. The van der Waals surface area contributed by atoms with E-state index in [2.05, 4.69) is 6.92 Å². The summed E-state index contributed by atoms with van der Waals surface area (Å²) in [6.07, 6.45) is 3.70. The van der Waals surface area contributed by atoms with Crippen LogP contribution in [0.1, 0.15) is 64.7 Å². The smallest absolute Gasteiger partial charge is 0.108 e. The van der Waals surface area contributed by atoms with Crippen LogP contribution in [0.2, 0.25) is 0 Å². The second-order valence-electron chi connectivity index (χ2n) is 8.85. The monoisotopic (exact) mass is 348 g/mol. The second kappa shape index (κ2) is 7.95. The fourth-order valence-corrected chi connectivity index (χ4v) is 5.68. The molecule has 0 amide bonds. The molecule has 0 saturated heterocycles. The summed E-state index contributed by atoms with van der Waals surface area (Å²) in [7, 11) is 0. The van der Waals surface area contributed by atoms with Gasteiger partial charge in [-0.05, 0) is 74.5 Å². The Morgan fingerprint density at radius 3 is 1.75 bits per heavy atom. The van der Waals surface area contributed by atoms with Gasteiger partial charge < -0.3 is 0 Å². The fraction of sp³-hybridized carbons (Fsp3) is 1.00. The lowest BCUT2D eigenvalue weighted by molar-refractivity contribution is -0.0230. The van der Waals surface area contributed by atoms with Crippen molar-refractivity contribution >= 4 is 0 Å². The number of hydrogen-bond acceptors (Lipinski definition) is 0. The average Bonchev–Trinajstić information content (AvgIpc) is 2.55. The summed E-state index contributed by atoms with van der Waals surface area (Å²) in [5, 5.41) is 0. The molecule has 0 nitrogen and oxygen atoms in total. The van der Waals surface area contributed by atoms with E-state index < -0.39 is 31.1 Å². The highest BCUT2D eigenvalue weighted by molar-refractivity contribution is 4.94. The molecule has 3 aliphatic carbocycles. The molecule has 24 heavy (non-hydrogen) atoms. The Morgan fingerprint density at radius 2 is 1.21 bits per heavy atom. The summed E-state index contributed by atoms with van der Waals surface area (Å²) in [4.78, 5) is 0. The molecule has 0 spiro atoms. The SMILES string of the molecule is CC1CCC(C2CCC(C3CC(F)C(CF)C(F)C3)C(F)C2)CC1. The number of rotatable bonds is 3. The quantitative estimate of drug-likeness (QED) is 0.530. The van der Waals surface area contributed by atoms with Gasteiger partial charge >= 0.3 is 0 Å². The molecule has 3 aliphatic rings. The van der Waals surface area contributed by atoms with Crippen LogP contribution in [-0.2, 0) is 0 Å².